The minimum atomic E-state index is 0.446. The first-order valence-electron chi connectivity index (χ1n) is 5.85. The normalized spacial score (nSPS) is 10.4. The van der Waals surface area contributed by atoms with E-state index in [1.54, 1.807) is 18.5 Å². The number of rotatable bonds is 3. The molecule has 3 aromatic rings. The van der Waals surface area contributed by atoms with Gasteiger partial charge in [0.25, 0.3) is 0 Å². The Hall–Kier alpha value is -2.76. The molecule has 2 aromatic heterocycles. The van der Waals surface area contributed by atoms with Crippen molar-refractivity contribution in [2.45, 2.75) is 6.92 Å². The fraction of sp³-hybridized carbons (Fsp3) is 0.0769. The molecule has 0 saturated carbocycles. The van der Waals surface area contributed by atoms with E-state index in [0.717, 1.165) is 5.56 Å². The minimum Gasteiger partial charge on any atom is -0.291 e. The largest absolute Gasteiger partial charge is 0.291 e. The lowest BCUT2D eigenvalue weighted by Gasteiger charge is -1.97. The number of H-pyrrole nitrogens is 1. The van der Waals surface area contributed by atoms with E-state index in [0.29, 0.717) is 17.7 Å². The van der Waals surface area contributed by atoms with E-state index in [1.165, 1.54) is 5.56 Å². The molecule has 0 aliphatic heterocycles. The fourth-order valence-electron chi connectivity index (χ4n) is 1.62. The summed E-state index contributed by atoms with van der Waals surface area (Å²) >= 11 is 0. The number of hydrogen-bond acceptors (Lipinski definition) is 5. The molecule has 94 valence electrons. The van der Waals surface area contributed by atoms with Gasteiger partial charge in [0.1, 0.15) is 0 Å². The third-order valence-corrected chi connectivity index (χ3v) is 2.60. The van der Waals surface area contributed by atoms with Gasteiger partial charge >= 0.3 is 0 Å². The molecule has 0 spiro atoms. The Kier molecular flexibility index (Phi) is 2.89. The van der Waals surface area contributed by atoms with Gasteiger partial charge in [-0.1, -0.05) is 29.8 Å². The van der Waals surface area contributed by atoms with Crippen LogP contribution < -0.4 is 5.32 Å². The maximum Gasteiger partial charge on any atom is 0.249 e. The average molecular weight is 252 g/mol. The van der Waals surface area contributed by atoms with Crippen LogP contribution in [-0.2, 0) is 0 Å². The van der Waals surface area contributed by atoms with Crippen LogP contribution in [0.5, 0.6) is 0 Å². The van der Waals surface area contributed by atoms with E-state index in [-0.39, 0.29) is 0 Å². The molecule has 6 nitrogen and oxygen atoms in total. The quantitative estimate of drug-likeness (QED) is 0.747. The van der Waals surface area contributed by atoms with Crippen molar-refractivity contribution in [3.8, 4) is 11.4 Å². The van der Waals surface area contributed by atoms with Crippen molar-refractivity contribution in [1.29, 1.82) is 0 Å². The van der Waals surface area contributed by atoms with E-state index < -0.39 is 0 Å². The summed E-state index contributed by atoms with van der Waals surface area (Å²) in [5, 5.41) is 9.90. The number of aromatic amines is 1. The molecule has 0 amide bonds. The van der Waals surface area contributed by atoms with Gasteiger partial charge in [-0.05, 0) is 13.0 Å². The van der Waals surface area contributed by atoms with Crippen LogP contribution in [0.4, 0.5) is 11.9 Å². The molecule has 0 aliphatic carbocycles. The first-order valence-corrected chi connectivity index (χ1v) is 5.85. The zero-order valence-corrected chi connectivity index (χ0v) is 10.3. The van der Waals surface area contributed by atoms with E-state index >= 15 is 0 Å². The van der Waals surface area contributed by atoms with Crippen molar-refractivity contribution >= 4 is 11.9 Å². The Morgan fingerprint density at radius 3 is 2.47 bits per heavy atom. The molecule has 0 fully saturated rings. The topological polar surface area (TPSA) is 79.4 Å². The lowest BCUT2D eigenvalue weighted by Crippen LogP contribution is -1.97. The summed E-state index contributed by atoms with van der Waals surface area (Å²) in [7, 11) is 0. The smallest absolute Gasteiger partial charge is 0.249 e. The first kappa shape index (κ1) is 11.3. The molecule has 0 radical (unpaired) electrons. The first-order chi connectivity index (χ1) is 9.31. The van der Waals surface area contributed by atoms with Crippen LogP contribution in [0.3, 0.4) is 0 Å². The SMILES string of the molecule is Cc1ccc(-c2nc(Nc3ncccn3)n[nH]2)cc1. The molecule has 0 atom stereocenters. The molecule has 1 aromatic carbocycles. The van der Waals surface area contributed by atoms with Gasteiger partial charge in [-0.3, -0.25) is 10.4 Å². The van der Waals surface area contributed by atoms with Crippen LogP contribution in [0.1, 0.15) is 5.56 Å². The van der Waals surface area contributed by atoms with Crippen LogP contribution in [-0.4, -0.2) is 25.1 Å². The number of hydrogen-bond donors (Lipinski definition) is 2. The van der Waals surface area contributed by atoms with E-state index in [1.807, 2.05) is 31.2 Å². The summed E-state index contributed by atoms with van der Waals surface area (Å²) in [6.45, 7) is 2.05. The minimum absolute atomic E-state index is 0.446. The third-order valence-electron chi connectivity index (χ3n) is 2.60. The molecule has 0 bridgehead atoms. The lowest BCUT2D eigenvalue weighted by molar-refractivity contribution is 1.08. The maximum absolute atomic E-state index is 4.35. The van der Waals surface area contributed by atoms with Crippen molar-refractivity contribution in [3.05, 3.63) is 48.3 Å². The van der Waals surface area contributed by atoms with E-state index in [9.17, 15) is 0 Å². The predicted molar refractivity (Wildman–Crippen MR) is 71.9 cm³/mol. The highest BCUT2D eigenvalue weighted by molar-refractivity contribution is 5.57. The summed E-state index contributed by atoms with van der Waals surface area (Å²) in [5.74, 6) is 1.62. The number of anilines is 2. The second-order valence-corrected chi connectivity index (χ2v) is 4.07. The Bertz CT molecular complexity index is 659. The summed E-state index contributed by atoms with van der Waals surface area (Å²) in [4.78, 5) is 12.5. The third kappa shape index (κ3) is 2.57. The van der Waals surface area contributed by atoms with Crippen molar-refractivity contribution in [1.82, 2.24) is 25.1 Å². The van der Waals surface area contributed by atoms with Crippen LogP contribution in [0.2, 0.25) is 0 Å². The average Bonchev–Trinajstić information content (AvgIpc) is 2.89. The van der Waals surface area contributed by atoms with Gasteiger partial charge in [0.05, 0.1) is 0 Å². The number of nitrogens with one attached hydrogen (secondary N) is 2. The van der Waals surface area contributed by atoms with Crippen molar-refractivity contribution in [3.63, 3.8) is 0 Å². The van der Waals surface area contributed by atoms with Crippen molar-refractivity contribution in [2.24, 2.45) is 0 Å². The summed E-state index contributed by atoms with van der Waals surface area (Å²) < 4.78 is 0. The summed E-state index contributed by atoms with van der Waals surface area (Å²) in [6.07, 6.45) is 3.31. The molecule has 0 aliphatic rings. The number of benzene rings is 1. The lowest BCUT2D eigenvalue weighted by atomic mass is 10.1. The van der Waals surface area contributed by atoms with Gasteiger partial charge in [0.2, 0.25) is 11.9 Å². The molecule has 2 N–H and O–H groups in total. The van der Waals surface area contributed by atoms with Crippen LogP contribution >= 0.6 is 0 Å². The van der Waals surface area contributed by atoms with Crippen LogP contribution in [0, 0.1) is 6.92 Å². The molecule has 3 rings (SSSR count). The fourth-order valence-corrected chi connectivity index (χ4v) is 1.62. The Morgan fingerprint density at radius 1 is 1.00 bits per heavy atom. The van der Waals surface area contributed by atoms with Crippen LogP contribution in [0.25, 0.3) is 11.4 Å². The second-order valence-electron chi connectivity index (χ2n) is 4.07. The number of aryl methyl sites for hydroxylation is 1. The molecular weight excluding hydrogens is 240 g/mol. The highest BCUT2D eigenvalue weighted by Gasteiger charge is 2.06. The zero-order chi connectivity index (χ0) is 13.1. The number of nitrogens with zero attached hydrogens (tertiary/aromatic N) is 4. The molecule has 0 unspecified atom stereocenters. The Morgan fingerprint density at radius 2 is 1.74 bits per heavy atom. The van der Waals surface area contributed by atoms with E-state index in [2.05, 4.69) is 30.5 Å². The standard InChI is InChI=1S/C13H12N6/c1-9-3-5-10(6-4-9)11-16-13(19-18-11)17-12-14-7-2-8-15-12/h2-8H,1H3,(H2,14,15,16,17,18,19). The molecular formula is C13H12N6. The Balaban J connectivity index is 1.82. The molecule has 6 heteroatoms. The Labute approximate surface area is 110 Å². The van der Waals surface area contributed by atoms with E-state index in [4.69, 9.17) is 0 Å². The highest BCUT2D eigenvalue weighted by Crippen LogP contribution is 2.17. The van der Waals surface area contributed by atoms with Crippen molar-refractivity contribution < 1.29 is 0 Å². The summed E-state index contributed by atoms with van der Waals surface area (Å²) in [5.41, 5.74) is 2.19. The van der Waals surface area contributed by atoms with Crippen molar-refractivity contribution in [2.75, 3.05) is 5.32 Å². The molecule has 0 saturated heterocycles. The van der Waals surface area contributed by atoms with Crippen LogP contribution in [0.15, 0.2) is 42.7 Å². The monoisotopic (exact) mass is 252 g/mol. The zero-order valence-electron chi connectivity index (χ0n) is 10.3. The predicted octanol–water partition coefficient (Wildman–Crippen LogP) is 2.31. The van der Waals surface area contributed by atoms with Gasteiger partial charge in [-0.2, -0.15) is 4.98 Å². The van der Waals surface area contributed by atoms with Gasteiger partial charge in [0, 0.05) is 18.0 Å². The highest BCUT2D eigenvalue weighted by atomic mass is 15.3. The van der Waals surface area contributed by atoms with Gasteiger partial charge in [0.15, 0.2) is 5.82 Å². The number of aromatic nitrogens is 5. The van der Waals surface area contributed by atoms with Gasteiger partial charge in [-0.25, -0.2) is 9.97 Å². The maximum atomic E-state index is 4.35. The van der Waals surface area contributed by atoms with Gasteiger partial charge < -0.3 is 0 Å². The molecule has 19 heavy (non-hydrogen) atoms. The summed E-state index contributed by atoms with van der Waals surface area (Å²) in [6, 6.07) is 9.81. The second kappa shape index (κ2) is 4.85. The van der Waals surface area contributed by atoms with Gasteiger partial charge in [-0.15, -0.1) is 5.10 Å². The molecule has 2 heterocycles.